The summed E-state index contributed by atoms with van der Waals surface area (Å²) >= 11 is 0. The van der Waals surface area contributed by atoms with Gasteiger partial charge in [0.1, 0.15) is 5.82 Å². The second kappa shape index (κ2) is 6.05. The molecule has 1 aliphatic heterocycles. The van der Waals surface area contributed by atoms with Gasteiger partial charge in [0.05, 0.1) is 0 Å². The number of hydrogen-bond acceptors (Lipinski definition) is 2. The van der Waals surface area contributed by atoms with Crippen molar-refractivity contribution in [2.24, 2.45) is 5.92 Å². The Labute approximate surface area is 157 Å². The number of rotatable bonds is 1. The molecule has 1 aliphatic carbocycles. The maximum absolute atomic E-state index is 13.6. The Morgan fingerprint density at radius 1 is 0.963 bits per heavy atom. The van der Waals surface area contributed by atoms with Gasteiger partial charge in [0.15, 0.2) is 5.78 Å². The van der Waals surface area contributed by atoms with Crippen molar-refractivity contribution in [3.63, 3.8) is 0 Å². The Balaban J connectivity index is 1.82. The van der Waals surface area contributed by atoms with Crippen LogP contribution in [0.15, 0.2) is 71.9 Å². The van der Waals surface area contributed by atoms with Gasteiger partial charge >= 0.3 is 0 Å². The van der Waals surface area contributed by atoms with Crippen LogP contribution in [-0.2, 0) is 4.79 Å². The lowest BCUT2D eigenvalue weighted by atomic mass is 9.72. The Hall–Kier alpha value is -2.94. The van der Waals surface area contributed by atoms with Gasteiger partial charge in [0.25, 0.3) is 0 Å². The molecule has 1 N–H and O–H groups in total. The number of benzene rings is 3. The standard InChI is InChI=1S/C24H20FNO/c1-14-12-20-24(21(27)13-14)22(16-6-9-17(25)10-7-16)23-18-5-3-2-4-15(18)8-11-19(23)26-20/h2-11,14,22,26H,12-13H2,1H3. The molecule has 5 rings (SSSR count). The number of fused-ring (bicyclic) bond motifs is 3. The van der Waals surface area contributed by atoms with E-state index in [4.69, 9.17) is 0 Å². The zero-order valence-corrected chi connectivity index (χ0v) is 15.1. The highest BCUT2D eigenvalue weighted by atomic mass is 19.1. The van der Waals surface area contributed by atoms with Crippen molar-refractivity contribution in [1.29, 1.82) is 0 Å². The van der Waals surface area contributed by atoms with Gasteiger partial charge in [-0.1, -0.05) is 49.4 Å². The van der Waals surface area contributed by atoms with Gasteiger partial charge in [0, 0.05) is 29.3 Å². The van der Waals surface area contributed by atoms with E-state index < -0.39 is 0 Å². The summed E-state index contributed by atoms with van der Waals surface area (Å²) in [6.45, 7) is 2.12. The van der Waals surface area contributed by atoms with Crippen LogP contribution in [0.3, 0.4) is 0 Å². The summed E-state index contributed by atoms with van der Waals surface area (Å²) in [5, 5.41) is 5.83. The van der Waals surface area contributed by atoms with Crippen LogP contribution in [0.5, 0.6) is 0 Å². The summed E-state index contributed by atoms with van der Waals surface area (Å²) in [5.74, 6) is 0.107. The maximum Gasteiger partial charge on any atom is 0.161 e. The summed E-state index contributed by atoms with van der Waals surface area (Å²) in [5.41, 5.74) is 5.00. The van der Waals surface area contributed by atoms with Crippen molar-refractivity contribution in [1.82, 2.24) is 0 Å². The van der Waals surface area contributed by atoms with Crippen LogP contribution in [-0.4, -0.2) is 5.78 Å². The summed E-state index contributed by atoms with van der Waals surface area (Å²) in [6.07, 6.45) is 1.43. The highest BCUT2D eigenvalue weighted by Gasteiger charge is 2.37. The molecule has 0 radical (unpaired) electrons. The number of ketones is 1. The second-order valence-electron chi connectivity index (χ2n) is 7.69. The van der Waals surface area contributed by atoms with E-state index in [-0.39, 0.29) is 17.5 Å². The number of Topliss-reactive ketones (excluding diaryl/α,β-unsaturated/α-hetero) is 1. The number of allylic oxidation sites excluding steroid dienone is 2. The fourth-order valence-electron chi connectivity index (χ4n) is 4.59. The number of nitrogens with one attached hydrogen (secondary N) is 1. The van der Waals surface area contributed by atoms with E-state index in [0.29, 0.717) is 12.3 Å². The first-order valence-electron chi connectivity index (χ1n) is 9.42. The molecular formula is C24H20FNO. The van der Waals surface area contributed by atoms with E-state index >= 15 is 0 Å². The first kappa shape index (κ1) is 16.2. The van der Waals surface area contributed by atoms with E-state index in [0.717, 1.165) is 45.3 Å². The second-order valence-corrected chi connectivity index (χ2v) is 7.69. The summed E-state index contributed by atoms with van der Waals surface area (Å²) in [6, 6.07) is 19.1. The molecule has 0 bridgehead atoms. The van der Waals surface area contributed by atoms with Crippen LogP contribution < -0.4 is 5.32 Å². The fraction of sp³-hybridized carbons (Fsp3) is 0.208. The number of carbonyl (C=O) groups is 1. The lowest BCUT2D eigenvalue weighted by Crippen LogP contribution is -2.29. The molecule has 2 aliphatic rings. The van der Waals surface area contributed by atoms with E-state index in [1.165, 1.54) is 12.1 Å². The molecule has 0 saturated heterocycles. The van der Waals surface area contributed by atoms with Crippen molar-refractivity contribution in [2.75, 3.05) is 5.32 Å². The van der Waals surface area contributed by atoms with Gasteiger partial charge in [-0.15, -0.1) is 0 Å². The molecule has 0 aromatic heterocycles. The zero-order chi connectivity index (χ0) is 18.5. The van der Waals surface area contributed by atoms with E-state index in [9.17, 15) is 9.18 Å². The minimum absolute atomic E-state index is 0.164. The zero-order valence-electron chi connectivity index (χ0n) is 15.1. The van der Waals surface area contributed by atoms with E-state index in [1.54, 1.807) is 0 Å². The van der Waals surface area contributed by atoms with Crippen molar-refractivity contribution in [3.05, 3.63) is 88.9 Å². The quantitative estimate of drug-likeness (QED) is 0.597. The molecule has 3 aromatic rings. The third kappa shape index (κ3) is 2.57. The molecule has 3 aromatic carbocycles. The molecule has 0 saturated carbocycles. The molecule has 0 amide bonds. The lowest BCUT2D eigenvalue weighted by Gasteiger charge is -2.36. The van der Waals surface area contributed by atoms with Gasteiger partial charge in [-0.05, 0) is 52.4 Å². The summed E-state index contributed by atoms with van der Waals surface area (Å²) in [7, 11) is 0. The predicted octanol–water partition coefficient (Wildman–Crippen LogP) is 5.79. The Bertz CT molecular complexity index is 1100. The van der Waals surface area contributed by atoms with E-state index in [1.807, 2.05) is 24.3 Å². The van der Waals surface area contributed by atoms with Crippen molar-refractivity contribution < 1.29 is 9.18 Å². The predicted molar refractivity (Wildman–Crippen MR) is 106 cm³/mol. The SMILES string of the molecule is CC1CC(=O)C2=C(C1)Nc1ccc3ccccc3c1C2c1ccc(F)cc1. The minimum Gasteiger partial charge on any atom is -0.358 e. The molecule has 0 fully saturated rings. The molecule has 0 spiro atoms. The third-order valence-electron chi connectivity index (χ3n) is 5.75. The monoisotopic (exact) mass is 357 g/mol. The van der Waals surface area contributed by atoms with Gasteiger partial charge in [-0.25, -0.2) is 4.39 Å². The lowest BCUT2D eigenvalue weighted by molar-refractivity contribution is -0.117. The van der Waals surface area contributed by atoms with Crippen LogP contribution in [0.2, 0.25) is 0 Å². The molecular weight excluding hydrogens is 337 g/mol. The van der Waals surface area contributed by atoms with Gasteiger partial charge in [0.2, 0.25) is 0 Å². The molecule has 2 unspecified atom stereocenters. The summed E-state index contributed by atoms with van der Waals surface area (Å²) < 4.78 is 13.6. The number of hydrogen-bond donors (Lipinski definition) is 1. The first-order valence-corrected chi connectivity index (χ1v) is 9.42. The van der Waals surface area contributed by atoms with Crippen LogP contribution >= 0.6 is 0 Å². The molecule has 1 heterocycles. The normalized spacial score (nSPS) is 21.6. The average molecular weight is 357 g/mol. The third-order valence-corrected chi connectivity index (χ3v) is 5.75. The molecule has 27 heavy (non-hydrogen) atoms. The molecule has 2 atom stereocenters. The van der Waals surface area contributed by atoms with Crippen molar-refractivity contribution >= 4 is 22.2 Å². The van der Waals surface area contributed by atoms with Crippen molar-refractivity contribution in [2.45, 2.75) is 25.7 Å². The van der Waals surface area contributed by atoms with Gasteiger partial charge in [-0.2, -0.15) is 0 Å². The maximum atomic E-state index is 13.6. The largest absolute Gasteiger partial charge is 0.358 e. The van der Waals surface area contributed by atoms with Crippen LogP contribution in [0.4, 0.5) is 10.1 Å². The average Bonchev–Trinajstić information content (AvgIpc) is 2.66. The first-order chi connectivity index (χ1) is 13.1. The van der Waals surface area contributed by atoms with E-state index in [2.05, 4.69) is 36.5 Å². The van der Waals surface area contributed by atoms with Crippen LogP contribution in [0, 0.1) is 11.7 Å². The van der Waals surface area contributed by atoms with Gasteiger partial charge < -0.3 is 5.32 Å². The highest BCUT2D eigenvalue weighted by Crippen LogP contribution is 2.48. The van der Waals surface area contributed by atoms with Crippen molar-refractivity contribution in [3.8, 4) is 0 Å². The number of anilines is 1. The fourth-order valence-corrected chi connectivity index (χ4v) is 4.59. The Kier molecular flexibility index (Phi) is 3.64. The Morgan fingerprint density at radius 2 is 1.74 bits per heavy atom. The highest BCUT2D eigenvalue weighted by molar-refractivity contribution is 6.04. The Morgan fingerprint density at radius 3 is 2.56 bits per heavy atom. The van der Waals surface area contributed by atoms with Gasteiger partial charge in [-0.3, -0.25) is 4.79 Å². The smallest absolute Gasteiger partial charge is 0.161 e. The molecule has 2 nitrogen and oxygen atoms in total. The minimum atomic E-state index is -0.261. The van der Waals surface area contributed by atoms with Crippen LogP contribution in [0.1, 0.15) is 36.8 Å². The molecule has 134 valence electrons. The number of carbonyl (C=O) groups excluding carboxylic acids is 1. The topological polar surface area (TPSA) is 29.1 Å². The number of halogens is 1. The summed E-state index contributed by atoms with van der Waals surface area (Å²) in [4.78, 5) is 13.1. The molecule has 3 heteroatoms. The van der Waals surface area contributed by atoms with Crippen LogP contribution in [0.25, 0.3) is 10.8 Å².